The van der Waals surface area contributed by atoms with Crippen LogP contribution in [-0.4, -0.2) is 28.9 Å². The maximum absolute atomic E-state index is 12.8. The SMILES string of the molecule is O=C(c1ccc(Cl)cc1NCc1ncc(-c2cccc(Cl)c2)o1)N1CCCC1. The van der Waals surface area contributed by atoms with E-state index in [9.17, 15) is 4.79 Å². The summed E-state index contributed by atoms with van der Waals surface area (Å²) in [6.07, 6.45) is 3.76. The fourth-order valence-corrected chi connectivity index (χ4v) is 3.64. The molecule has 28 heavy (non-hydrogen) atoms. The van der Waals surface area contributed by atoms with Gasteiger partial charge in [-0.05, 0) is 43.2 Å². The van der Waals surface area contributed by atoms with Gasteiger partial charge in [0, 0.05) is 34.4 Å². The first-order valence-corrected chi connectivity index (χ1v) is 9.89. The number of hydrogen-bond acceptors (Lipinski definition) is 4. The van der Waals surface area contributed by atoms with Crippen LogP contribution in [0.1, 0.15) is 29.1 Å². The highest BCUT2D eigenvalue weighted by atomic mass is 35.5. The second kappa shape index (κ2) is 8.25. The number of benzene rings is 2. The average molecular weight is 416 g/mol. The zero-order chi connectivity index (χ0) is 19.5. The minimum absolute atomic E-state index is 0.0173. The van der Waals surface area contributed by atoms with Crippen LogP contribution in [0.25, 0.3) is 11.3 Å². The van der Waals surface area contributed by atoms with E-state index in [-0.39, 0.29) is 5.91 Å². The van der Waals surface area contributed by atoms with Crippen molar-refractivity contribution in [1.82, 2.24) is 9.88 Å². The number of aromatic nitrogens is 1. The molecular formula is C21H19Cl2N3O2. The number of carbonyl (C=O) groups is 1. The zero-order valence-corrected chi connectivity index (χ0v) is 16.6. The van der Waals surface area contributed by atoms with Crippen molar-refractivity contribution in [3.8, 4) is 11.3 Å². The Labute approximate surface area is 173 Å². The van der Waals surface area contributed by atoms with Gasteiger partial charge in [-0.15, -0.1) is 0 Å². The van der Waals surface area contributed by atoms with Crippen LogP contribution in [0.15, 0.2) is 53.1 Å². The van der Waals surface area contributed by atoms with E-state index in [0.29, 0.717) is 39.5 Å². The van der Waals surface area contributed by atoms with E-state index in [1.807, 2.05) is 29.2 Å². The van der Waals surface area contributed by atoms with Crippen LogP contribution in [0.3, 0.4) is 0 Å². The number of anilines is 1. The van der Waals surface area contributed by atoms with Crippen LogP contribution in [0.2, 0.25) is 10.0 Å². The van der Waals surface area contributed by atoms with Crippen molar-refractivity contribution in [3.05, 3.63) is 70.2 Å². The molecule has 0 unspecified atom stereocenters. The Bertz CT molecular complexity index is 997. The lowest BCUT2D eigenvalue weighted by Crippen LogP contribution is -2.28. The summed E-state index contributed by atoms with van der Waals surface area (Å²) < 4.78 is 5.82. The van der Waals surface area contributed by atoms with Crippen molar-refractivity contribution >= 4 is 34.8 Å². The number of likely N-dealkylation sites (tertiary alicyclic amines) is 1. The van der Waals surface area contributed by atoms with Gasteiger partial charge >= 0.3 is 0 Å². The third-order valence-electron chi connectivity index (χ3n) is 4.70. The summed E-state index contributed by atoms with van der Waals surface area (Å²) in [5.41, 5.74) is 2.14. The monoisotopic (exact) mass is 415 g/mol. The Morgan fingerprint density at radius 3 is 2.68 bits per heavy atom. The normalized spacial score (nSPS) is 13.7. The van der Waals surface area contributed by atoms with Crippen molar-refractivity contribution in [2.75, 3.05) is 18.4 Å². The number of halogens is 2. The highest BCUT2D eigenvalue weighted by molar-refractivity contribution is 6.31. The summed E-state index contributed by atoms with van der Waals surface area (Å²) in [6, 6.07) is 12.7. The molecule has 3 aromatic rings. The fourth-order valence-electron chi connectivity index (χ4n) is 3.28. The predicted molar refractivity (Wildman–Crippen MR) is 111 cm³/mol. The number of nitrogens with zero attached hydrogens (tertiary/aromatic N) is 2. The zero-order valence-electron chi connectivity index (χ0n) is 15.1. The third kappa shape index (κ3) is 4.16. The summed E-state index contributed by atoms with van der Waals surface area (Å²) >= 11 is 12.2. The van der Waals surface area contributed by atoms with Gasteiger partial charge in [0.25, 0.3) is 5.91 Å². The van der Waals surface area contributed by atoms with E-state index in [4.69, 9.17) is 27.6 Å². The molecule has 4 rings (SSSR count). The van der Waals surface area contributed by atoms with Gasteiger partial charge in [-0.1, -0.05) is 35.3 Å². The quantitative estimate of drug-likeness (QED) is 0.597. The molecule has 0 saturated carbocycles. The molecule has 0 bridgehead atoms. The van der Waals surface area contributed by atoms with Crippen LogP contribution >= 0.6 is 23.2 Å². The number of nitrogens with one attached hydrogen (secondary N) is 1. The van der Waals surface area contributed by atoms with E-state index in [1.165, 1.54) is 0 Å². The molecule has 1 N–H and O–H groups in total. The van der Waals surface area contributed by atoms with Crippen LogP contribution < -0.4 is 5.32 Å². The highest BCUT2D eigenvalue weighted by Gasteiger charge is 2.22. The van der Waals surface area contributed by atoms with Gasteiger partial charge in [0.05, 0.1) is 18.3 Å². The van der Waals surface area contributed by atoms with Gasteiger partial charge < -0.3 is 14.6 Å². The van der Waals surface area contributed by atoms with Crippen molar-refractivity contribution in [1.29, 1.82) is 0 Å². The molecule has 0 aliphatic carbocycles. The summed E-state index contributed by atoms with van der Waals surface area (Å²) in [7, 11) is 0. The summed E-state index contributed by atoms with van der Waals surface area (Å²) in [5.74, 6) is 1.16. The highest BCUT2D eigenvalue weighted by Crippen LogP contribution is 2.26. The second-order valence-corrected chi connectivity index (χ2v) is 7.54. The topological polar surface area (TPSA) is 58.4 Å². The molecule has 7 heteroatoms. The Kier molecular flexibility index (Phi) is 5.55. The molecule has 0 radical (unpaired) electrons. The van der Waals surface area contributed by atoms with E-state index in [1.54, 1.807) is 24.4 Å². The lowest BCUT2D eigenvalue weighted by molar-refractivity contribution is 0.0793. The molecule has 1 aliphatic heterocycles. The van der Waals surface area contributed by atoms with Gasteiger partial charge in [-0.2, -0.15) is 0 Å². The van der Waals surface area contributed by atoms with Crippen molar-refractivity contribution in [3.63, 3.8) is 0 Å². The largest absolute Gasteiger partial charge is 0.439 e. The smallest absolute Gasteiger partial charge is 0.255 e. The minimum atomic E-state index is 0.0173. The molecule has 1 aromatic heterocycles. The van der Waals surface area contributed by atoms with E-state index < -0.39 is 0 Å². The molecule has 5 nitrogen and oxygen atoms in total. The van der Waals surface area contributed by atoms with Crippen molar-refractivity contribution in [2.24, 2.45) is 0 Å². The van der Waals surface area contributed by atoms with E-state index in [0.717, 1.165) is 31.5 Å². The minimum Gasteiger partial charge on any atom is -0.439 e. The number of hydrogen-bond donors (Lipinski definition) is 1. The maximum Gasteiger partial charge on any atom is 0.255 e. The molecule has 2 heterocycles. The van der Waals surface area contributed by atoms with Crippen LogP contribution in [-0.2, 0) is 6.54 Å². The van der Waals surface area contributed by atoms with Crippen LogP contribution in [0.5, 0.6) is 0 Å². The molecule has 1 fully saturated rings. The Hall–Kier alpha value is -2.50. The Balaban J connectivity index is 1.50. The predicted octanol–water partition coefficient (Wildman–Crippen LogP) is 5.50. The number of rotatable bonds is 5. The fraction of sp³-hybridized carbons (Fsp3) is 0.238. The third-order valence-corrected chi connectivity index (χ3v) is 5.17. The first kappa shape index (κ1) is 18.8. The standard InChI is InChI=1S/C21H19Cl2N3O2/c22-15-5-3-4-14(10-15)19-12-25-20(28-19)13-24-18-11-16(23)6-7-17(18)21(27)26-8-1-2-9-26/h3-7,10-12,24H,1-2,8-9,13H2. The molecule has 144 valence electrons. The molecular weight excluding hydrogens is 397 g/mol. The molecule has 0 atom stereocenters. The summed E-state index contributed by atoms with van der Waals surface area (Å²) in [5, 5.41) is 4.44. The van der Waals surface area contributed by atoms with Gasteiger partial charge in [0.2, 0.25) is 5.89 Å². The first-order chi connectivity index (χ1) is 13.6. The Morgan fingerprint density at radius 1 is 1.11 bits per heavy atom. The summed E-state index contributed by atoms with van der Waals surface area (Å²) in [4.78, 5) is 19.0. The van der Waals surface area contributed by atoms with E-state index >= 15 is 0 Å². The maximum atomic E-state index is 12.8. The molecule has 1 amide bonds. The number of carbonyl (C=O) groups excluding carboxylic acids is 1. The van der Waals surface area contributed by atoms with Crippen LogP contribution in [0.4, 0.5) is 5.69 Å². The van der Waals surface area contributed by atoms with Crippen LogP contribution in [0, 0.1) is 0 Å². The number of amides is 1. The molecule has 1 saturated heterocycles. The van der Waals surface area contributed by atoms with Gasteiger partial charge in [-0.3, -0.25) is 4.79 Å². The average Bonchev–Trinajstić information content (AvgIpc) is 3.38. The van der Waals surface area contributed by atoms with Gasteiger partial charge in [0.15, 0.2) is 5.76 Å². The summed E-state index contributed by atoms with van der Waals surface area (Å²) in [6.45, 7) is 1.93. The first-order valence-electron chi connectivity index (χ1n) is 9.13. The Morgan fingerprint density at radius 2 is 1.89 bits per heavy atom. The lowest BCUT2D eigenvalue weighted by atomic mass is 10.1. The second-order valence-electron chi connectivity index (χ2n) is 6.67. The van der Waals surface area contributed by atoms with Crippen molar-refractivity contribution in [2.45, 2.75) is 19.4 Å². The van der Waals surface area contributed by atoms with Crippen molar-refractivity contribution < 1.29 is 9.21 Å². The van der Waals surface area contributed by atoms with Gasteiger partial charge in [0.1, 0.15) is 0 Å². The lowest BCUT2D eigenvalue weighted by Gasteiger charge is -2.18. The molecule has 0 spiro atoms. The van der Waals surface area contributed by atoms with E-state index in [2.05, 4.69) is 10.3 Å². The molecule has 1 aliphatic rings. The van der Waals surface area contributed by atoms with Gasteiger partial charge in [-0.25, -0.2) is 4.98 Å². The number of oxazole rings is 1. The molecule has 2 aromatic carbocycles.